The van der Waals surface area contributed by atoms with Gasteiger partial charge in [-0.05, 0) is 34.3 Å². The first-order valence-corrected chi connectivity index (χ1v) is 10.7. The number of aromatic amines is 1. The van der Waals surface area contributed by atoms with Gasteiger partial charge in [-0.1, -0.05) is 24.3 Å². The fourth-order valence-electron chi connectivity index (χ4n) is 3.48. The fraction of sp³-hybridized carbons (Fsp3) is 0.286. The van der Waals surface area contributed by atoms with E-state index >= 15 is 0 Å². The number of rotatable bonds is 6. The van der Waals surface area contributed by atoms with Crippen LogP contribution in [-0.4, -0.2) is 37.1 Å². The Morgan fingerprint density at radius 2 is 1.84 bits per heavy atom. The lowest BCUT2D eigenvalue weighted by atomic mass is 10.1. The molecule has 1 fully saturated rings. The van der Waals surface area contributed by atoms with Crippen LogP contribution in [0.5, 0.6) is 0 Å². The Labute approximate surface area is 184 Å². The molecular weight excluding hydrogens is 473 g/mol. The van der Waals surface area contributed by atoms with Crippen LogP contribution in [0.3, 0.4) is 0 Å². The van der Waals surface area contributed by atoms with Crippen LogP contribution in [0.25, 0.3) is 28.2 Å². The van der Waals surface area contributed by atoms with Crippen molar-refractivity contribution in [3.05, 3.63) is 53.3 Å². The van der Waals surface area contributed by atoms with Gasteiger partial charge in [0, 0.05) is 24.2 Å². The molecule has 160 valence electrons. The molecule has 10 heteroatoms. The molecule has 0 saturated heterocycles. The third kappa shape index (κ3) is 4.30. The lowest BCUT2D eigenvalue weighted by molar-refractivity contribution is -0.131. The zero-order chi connectivity index (χ0) is 21.6. The maximum atomic E-state index is 12.5. The molecule has 1 saturated carbocycles. The lowest BCUT2D eigenvalue weighted by Gasteiger charge is -2.10. The summed E-state index contributed by atoms with van der Waals surface area (Å²) in [6.07, 6.45) is 2.50. The highest BCUT2D eigenvalue weighted by molar-refractivity contribution is 9.10. The highest BCUT2D eigenvalue weighted by atomic mass is 79.9. The minimum atomic E-state index is -4.23. The summed E-state index contributed by atoms with van der Waals surface area (Å²) >= 11 is 3.33. The van der Waals surface area contributed by atoms with Gasteiger partial charge in [0.2, 0.25) is 0 Å². The highest BCUT2D eigenvalue weighted by Crippen LogP contribution is 2.39. The van der Waals surface area contributed by atoms with Crippen molar-refractivity contribution in [3.63, 3.8) is 0 Å². The summed E-state index contributed by atoms with van der Waals surface area (Å²) in [5, 5.41) is 2.74. The second-order valence-electron chi connectivity index (χ2n) is 7.57. The molecule has 0 bridgehead atoms. The number of imidazole rings is 2. The Balaban J connectivity index is 1.41. The predicted molar refractivity (Wildman–Crippen MR) is 115 cm³/mol. The van der Waals surface area contributed by atoms with Crippen LogP contribution >= 0.6 is 15.9 Å². The molecule has 4 aromatic rings. The first kappa shape index (κ1) is 20.0. The highest BCUT2D eigenvalue weighted by Gasteiger charge is 2.27. The van der Waals surface area contributed by atoms with Crippen molar-refractivity contribution in [3.8, 4) is 22.5 Å². The van der Waals surface area contributed by atoms with Crippen LogP contribution in [-0.2, 0) is 0 Å². The quantitative estimate of drug-likeness (QED) is 0.358. The van der Waals surface area contributed by atoms with Crippen LogP contribution in [0.1, 0.15) is 31.0 Å². The predicted octanol–water partition coefficient (Wildman–Crippen LogP) is 5.79. The minimum absolute atomic E-state index is 0.271. The normalized spacial score (nSPS) is 14.3. The average molecular weight is 491 g/mol. The molecule has 31 heavy (non-hydrogen) atoms. The number of hydrogen-bond acceptors (Lipinski definition) is 4. The Bertz CT molecular complexity index is 1220. The van der Waals surface area contributed by atoms with Crippen molar-refractivity contribution in [1.82, 2.24) is 24.3 Å². The van der Waals surface area contributed by atoms with Gasteiger partial charge in [0.05, 0.1) is 30.2 Å². The van der Waals surface area contributed by atoms with Gasteiger partial charge in [-0.25, -0.2) is 15.0 Å². The van der Waals surface area contributed by atoms with Crippen molar-refractivity contribution in [2.24, 2.45) is 0 Å². The first-order valence-electron chi connectivity index (χ1n) is 9.87. The van der Waals surface area contributed by atoms with E-state index in [9.17, 15) is 13.2 Å². The zero-order valence-corrected chi connectivity index (χ0v) is 17.8. The van der Waals surface area contributed by atoms with Gasteiger partial charge in [-0.15, -0.1) is 0 Å². The van der Waals surface area contributed by atoms with Gasteiger partial charge in [0.1, 0.15) is 10.4 Å². The Morgan fingerprint density at radius 3 is 2.55 bits per heavy atom. The van der Waals surface area contributed by atoms with Crippen LogP contribution in [0.4, 0.5) is 19.0 Å². The Kier molecular flexibility index (Phi) is 4.96. The largest absolute Gasteiger partial charge is 0.390 e. The molecule has 6 nitrogen and oxygen atoms in total. The number of nitrogens with zero attached hydrogens (tertiary/aromatic N) is 4. The third-order valence-corrected chi connectivity index (χ3v) is 5.60. The number of anilines is 1. The van der Waals surface area contributed by atoms with Gasteiger partial charge < -0.3 is 10.3 Å². The lowest BCUT2D eigenvalue weighted by Crippen LogP contribution is -2.15. The van der Waals surface area contributed by atoms with Crippen LogP contribution in [0, 0.1) is 0 Å². The third-order valence-electron chi connectivity index (χ3n) is 5.21. The van der Waals surface area contributed by atoms with Crippen molar-refractivity contribution < 1.29 is 13.2 Å². The monoisotopic (exact) mass is 490 g/mol. The number of alkyl halides is 3. The number of aromatic nitrogens is 5. The maximum Gasteiger partial charge on any atom is 0.390 e. The summed E-state index contributed by atoms with van der Waals surface area (Å²) in [4.78, 5) is 16.5. The van der Waals surface area contributed by atoms with E-state index in [4.69, 9.17) is 0 Å². The topological polar surface area (TPSA) is 70.9 Å². The Morgan fingerprint density at radius 1 is 1.10 bits per heavy atom. The van der Waals surface area contributed by atoms with Crippen molar-refractivity contribution in [1.29, 1.82) is 0 Å². The van der Waals surface area contributed by atoms with Gasteiger partial charge >= 0.3 is 6.18 Å². The first-order chi connectivity index (χ1) is 14.9. The number of hydrogen-bond donors (Lipinski definition) is 2. The molecule has 0 spiro atoms. The van der Waals surface area contributed by atoms with Gasteiger partial charge in [0.25, 0.3) is 0 Å². The van der Waals surface area contributed by atoms with E-state index in [2.05, 4.69) is 41.2 Å². The molecule has 5 rings (SSSR count). The van der Waals surface area contributed by atoms with Crippen LogP contribution in [0.2, 0.25) is 0 Å². The molecular formula is C21H18BrF3N6. The second-order valence-corrected chi connectivity index (χ2v) is 8.39. The second kappa shape index (κ2) is 7.67. The number of fused-ring (bicyclic) bond motifs is 1. The van der Waals surface area contributed by atoms with Crippen molar-refractivity contribution >= 4 is 27.4 Å². The molecule has 0 amide bonds. The molecule has 0 radical (unpaired) electrons. The molecule has 3 aromatic heterocycles. The van der Waals surface area contributed by atoms with E-state index in [1.807, 2.05) is 34.9 Å². The SMILES string of the molecule is FC(F)(F)CCNc1nc(Br)cn2c(-c3ccc(-c4cnc(C5CC5)[nH]4)cc3)cnc12. The fourth-order valence-corrected chi connectivity index (χ4v) is 3.86. The van der Waals surface area contributed by atoms with Gasteiger partial charge in [-0.3, -0.25) is 4.40 Å². The minimum Gasteiger partial charge on any atom is -0.367 e. The molecule has 3 heterocycles. The van der Waals surface area contributed by atoms with E-state index in [1.165, 1.54) is 12.8 Å². The van der Waals surface area contributed by atoms with E-state index < -0.39 is 12.6 Å². The maximum absolute atomic E-state index is 12.5. The smallest absolute Gasteiger partial charge is 0.367 e. The molecule has 1 aliphatic carbocycles. The van der Waals surface area contributed by atoms with E-state index in [0.29, 0.717) is 22.0 Å². The average Bonchev–Trinajstić information content (AvgIpc) is 3.30. The molecule has 2 N–H and O–H groups in total. The number of nitrogens with one attached hydrogen (secondary N) is 2. The number of benzene rings is 1. The molecule has 1 aromatic carbocycles. The Hall–Kier alpha value is -2.88. The summed E-state index contributed by atoms with van der Waals surface area (Å²) in [5.41, 5.74) is 4.22. The van der Waals surface area contributed by atoms with E-state index in [1.54, 1.807) is 12.4 Å². The van der Waals surface area contributed by atoms with Gasteiger partial charge in [0.15, 0.2) is 11.5 Å². The number of halogens is 4. The number of H-pyrrole nitrogens is 1. The summed E-state index contributed by atoms with van der Waals surface area (Å²) < 4.78 is 39.7. The van der Waals surface area contributed by atoms with Crippen molar-refractivity contribution in [2.75, 3.05) is 11.9 Å². The zero-order valence-electron chi connectivity index (χ0n) is 16.2. The van der Waals surface area contributed by atoms with Crippen LogP contribution < -0.4 is 5.32 Å². The van der Waals surface area contributed by atoms with E-state index in [-0.39, 0.29) is 6.54 Å². The van der Waals surface area contributed by atoms with E-state index in [0.717, 1.165) is 28.3 Å². The molecule has 0 atom stereocenters. The van der Waals surface area contributed by atoms with Gasteiger partial charge in [-0.2, -0.15) is 13.2 Å². The summed E-state index contributed by atoms with van der Waals surface area (Å²) in [7, 11) is 0. The summed E-state index contributed by atoms with van der Waals surface area (Å²) in [6, 6.07) is 8.00. The molecule has 1 aliphatic rings. The standard InChI is InChI=1S/C21H18BrF3N6/c22-17-11-31-16(10-28-20(31)19(30-17)26-8-7-21(23,24)25)13-3-1-12(2-4-13)15-9-27-18(29-15)14-5-6-14/h1-4,9-11,14H,5-8H2,(H,26,30)(H,27,29). The van der Waals surface area contributed by atoms with Crippen LogP contribution in [0.15, 0.2) is 47.5 Å². The molecule has 0 aliphatic heterocycles. The molecule has 0 unspecified atom stereocenters. The van der Waals surface area contributed by atoms with Crippen molar-refractivity contribution in [2.45, 2.75) is 31.4 Å². The summed E-state index contributed by atoms with van der Waals surface area (Å²) in [6.45, 7) is -0.271. The summed E-state index contributed by atoms with van der Waals surface area (Å²) in [5.74, 6) is 1.91.